The summed E-state index contributed by atoms with van der Waals surface area (Å²) in [7, 11) is 1.95. The summed E-state index contributed by atoms with van der Waals surface area (Å²) in [5, 5.41) is 22.4. The Morgan fingerprint density at radius 3 is 2.71 bits per heavy atom. The molecule has 0 amide bonds. The number of nitrogens with two attached hydrogens (primary N) is 1. The summed E-state index contributed by atoms with van der Waals surface area (Å²) in [4.78, 5) is 2.05. The molecule has 1 aliphatic rings. The van der Waals surface area contributed by atoms with Gasteiger partial charge in [0.25, 0.3) is 0 Å². The van der Waals surface area contributed by atoms with Crippen LogP contribution in [0, 0.1) is 0 Å². The van der Waals surface area contributed by atoms with E-state index in [-0.39, 0.29) is 5.84 Å². The van der Waals surface area contributed by atoms with Gasteiger partial charge in [-0.15, -0.1) is 0 Å². The van der Waals surface area contributed by atoms with Crippen molar-refractivity contribution in [2.45, 2.75) is 25.0 Å². The molecule has 0 spiro atoms. The van der Waals surface area contributed by atoms with Crippen molar-refractivity contribution >= 4 is 5.84 Å². The molecule has 0 aliphatic carbocycles. The van der Waals surface area contributed by atoms with Crippen molar-refractivity contribution in [3.63, 3.8) is 0 Å². The number of benzene rings is 1. The number of ether oxygens (including phenoxy) is 1. The van der Waals surface area contributed by atoms with E-state index in [0.29, 0.717) is 44.7 Å². The third-order valence-electron chi connectivity index (χ3n) is 3.83. The van der Waals surface area contributed by atoms with Crippen molar-refractivity contribution in [3.05, 3.63) is 35.4 Å². The highest BCUT2D eigenvalue weighted by molar-refractivity contribution is 5.98. The molecule has 21 heavy (non-hydrogen) atoms. The highest BCUT2D eigenvalue weighted by atomic mass is 16.5. The Hall–Kier alpha value is -1.63. The fourth-order valence-corrected chi connectivity index (χ4v) is 2.72. The van der Waals surface area contributed by atoms with E-state index in [1.54, 1.807) is 0 Å². The largest absolute Gasteiger partial charge is 0.409 e. The monoisotopic (exact) mass is 293 g/mol. The van der Waals surface area contributed by atoms with Gasteiger partial charge in [0.05, 0.1) is 5.60 Å². The Kier molecular flexibility index (Phi) is 5.17. The molecule has 0 unspecified atom stereocenters. The van der Waals surface area contributed by atoms with Crippen molar-refractivity contribution in [2.75, 3.05) is 26.8 Å². The Morgan fingerprint density at radius 1 is 1.38 bits per heavy atom. The summed E-state index contributed by atoms with van der Waals surface area (Å²) in [6, 6.07) is 7.53. The molecular weight excluding hydrogens is 270 g/mol. The van der Waals surface area contributed by atoms with Crippen molar-refractivity contribution < 1.29 is 15.1 Å². The average molecular weight is 293 g/mol. The van der Waals surface area contributed by atoms with Gasteiger partial charge in [0.2, 0.25) is 0 Å². The van der Waals surface area contributed by atoms with E-state index in [0.717, 1.165) is 5.56 Å². The van der Waals surface area contributed by atoms with Crippen LogP contribution in [0.3, 0.4) is 0 Å². The maximum atomic E-state index is 10.5. The third-order valence-corrected chi connectivity index (χ3v) is 3.83. The molecule has 6 nitrogen and oxygen atoms in total. The maximum absolute atomic E-state index is 10.5. The summed E-state index contributed by atoms with van der Waals surface area (Å²) >= 11 is 0. The molecule has 0 atom stereocenters. The van der Waals surface area contributed by atoms with Gasteiger partial charge in [-0.2, -0.15) is 0 Å². The summed E-state index contributed by atoms with van der Waals surface area (Å²) in [5.41, 5.74) is 6.68. The number of amidine groups is 1. The zero-order valence-corrected chi connectivity index (χ0v) is 12.3. The van der Waals surface area contributed by atoms with E-state index >= 15 is 0 Å². The molecule has 0 saturated carbocycles. The van der Waals surface area contributed by atoms with Crippen LogP contribution in [-0.4, -0.2) is 53.5 Å². The predicted octanol–water partition coefficient (Wildman–Crippen LogP) is 0.754. The van der Waals surface area contributed by atoms with Gasteiger partial charge >= 0.3 is 0 Å². The summed E-state index contributed by atoms with van der Waals surface area (Å²) in [5.74, 6) is 0.101. The minimum atomic E-state index is -0.696. The normalized spacial score (nSPS) is 18.9. The van der Waals surface area contributed by atoms with Crippen molar-refractivity contribution in [1.29, 1.82) is 0 Å². The lowest BCUT2D eigenvalue weighted by Crippen LogP contribution is -2.45. The Morgan fingerprint density at radius 2 is 2.05 bits per heavy atom. The van der Waals surface area contributed by atoms with Crippen LogP contribution >= 0.6 is 0 Å². The molecule has 4 N–H and O–H groups in total. The van der Waals surface area contributed by atoms with Gasteiger partial charge < -0.3 is 20.8 Å². The van der Waals surface area contributed by atoms with Crippen LogP contribution in [0.25, 0.3) is 0 Å². The van der Waals surface area contributed by atoms with Gasteiger partial charge in [-0.05, 0) is 12.6 Å². The predicted molar refractivity (Wildman–Crippen MR) is 80.3 cm³/mol. The Balaban J connectivity index is 2.04. The number of oxime groups is 1. The standard InChI is InChI=1S/C15H23N3O3/c1-18(11-15(19)6-8-21-9-7-15)10-12-4-2-3-5-13(12)14(16)17-20/h2-5,19-20H,6-11H2,1H3,(H2,16,17). The number of nitrogens with zero attached hydrogens (tertiary/aromatic N) is 2. The highest BCUT2D eigenvalue weighted by Crippen LogP contribution is 2.22. The molecular formula is C15H23N3O3. The van der Waals surface area contributed by atoms with Gasteiger partial charge in [0.1, 0.15) is 0 Å². The first-order chi connectivity index (χ1) is 10.0. The first kappa shape index (κ1) is 15.8. The molecule has 0 aromatic heterocycles. The van der Waals surface area contributed by atoms with Crippen molar-refractivity contribution in [1.82, 2.24) is 4.90 Å². The Bertz CT molecular complexity index is 499. The number of hydrogen-bond donors (Lipinski definition) is 3. The molecule has 1 aromatic rings. The molecule has 2 rings (SSSR count). The lowest BCUT2D eigenvalue weighted by atomic mass is 9.93. The van der Waals surface area contributed by atoms with Crippen LogP contribution in [0.2, 0.25) is 0 Å². The second kappa shape index (κ2) is 6.89. The summed E-state index contributed by atoms with van der Waals surface area (Å²) in [6.45, 7) is 2.40. The van der Waals surface area contributed by atoms with E-state index in [1.165, 1.54) is 0 Å². The van der Waals surface area contributed by atoms with Crippen LogP contribution in [0.5, 0.6) is 0 Å². The topological polar surface area (TPSA) is 91.3 Å². The zero-order chi connectivity index (χ0) is 15.3. The van der Waals surface area contributed by atoms with Gasteiger partial charge in [-0.25, -0.2) is 0 Å². The number of likely N-dealkylation sites (N-methyl/N-ethyl adjacent to an activating group) is 1. The second-order valence-electron chi connectivity index (χ2n) is 5.65. The lowest BCUT2D eigenvalue weighted by molar-refractivity contribution is -0.0777. The van der Waals surface area contributed by atoms with Gasteiger partial charge in [-0.3, -0.25) is 4.90 Å². The lowest BCUT2D eigenvalue weighted by Gasteiger charge is -2.35. The van der Waals surface area contributed by atoms with Gasteiger partial charge in [-0.1, -0.05) is 29.4 Å². The summed E-state index contributed by atoms with van der Waals surface area (Å²) in [6.07, 6.45) is 1.30. The molecule has 0 radical (unpaired) electrons. The number of rotatable bonds is 5. The molecule has 116 valence electrons. The van der Waals surface area contributed by atoms with Crippen LogP contribution in [0.15, 0.2) is 29.4 Å². The van der Waals surface area contributed by atoms with Crippen LogP contribution < -0.4 is 5.73 Å². The average Bonchev–Trinajstić information content (AvgIpc) is 2.47. The fraction of sp³-hybridized carbons (Fsp3) is 0.533. The Labute approximate surface area is 124 Å². The van der Waals surface area contributed by atoms with E-state index in [9.17, 15) is 5.11 Å². The minimum Gasteiger partial charge on any atom is -0.409 e. The SMILES string of the molecule is CN(Cc1ccccc1/C(N)=N/O)CC1(O)CCOCC1. The number of aliphatic hydroxyl groups is 1. The first-order valence-electron chi connectivity index (χ1n) is 7.08. The van der Waals surface area contributed by atoms with Crippen molar-refractivity contribution in [3.8, 4) is 0 Å². The molecule has 1 aromatic carbocycles. The van der Waals surface area contributed by atoms with Crippen molar-refractivity contribution in [2.24, 2.45) is 10.9 Å². The molecule has 1 heterocycles. The fourth-order valence-electron chi connectivity index (χ4n) is 2.72. The van der Waals surface area contributed by atoms with E-state index < -0.39 is 5.60 Å². The quantitative estimate of drug-likeness (QED) is 0.322. The van der Waals surface area contributed by atoms with Crippen LogP contribution in [0.1, 0.15) is 24.0 Å². The zero-order valence-electron chi connectivity index (χ0n) is 12.3. The highest BCUT2D eigenvalue weighted by Gasteiger charge is 2.31. The molecule has 1 fully saturated rings. The second-order valence-corrected chi connectivity index (χ2v) is 5.65. The smallest absolute Gasteiger partial charge is 0.170 e. The molecule has 0 bridgehead atoms. The van der Waals surface area contributed by atoms with E-state index in [1.807, 2.05) is 31.3 Å². The molecule has 1 aliphatic heterocycles. The van der Waals surface area contributed by atoms with E-state index in [4.69, 9.17) is 15.7 Å². The molecule has 6 heteroatoms. The van der Waals surface area contributed by atoms with Gasteiger partial charge in [0, 0.05) is 44.7 Å². The number of hydrogen-bond acceptors (Lipinski definition) is 5. The molecule has 1 saturated heterocycles. The maximum Gasteiger partial charge on any atom is 0.170 e. The minimum absolute atomic E-state index is 0.101. The van der Waals surface area contributed by atoms with E-state index in [2.05, 4.69) is 10.1 Å². The van der Waals surface area contributed by atoms with Gasteiger partial charge in [0.15, 0.2) is 5.84 Å². The summed E-state index contributed by atoms with van der Waals surface area (Å²) < 4.78 is 5.29. The first-order valence-corrected chi connectivity index (χ1v) is 7.08. The van der Waals surface area contributed by atoms with Crippen LogP contribution in [0.4, 0.5) is 0 Å². The third kappa shape index (κ3) is 4.17. The van der Waals surface area contributed by atoms with Crippen LogP contribution in [-0.2, 0) is 11.3 Å².